The smallest absolute Gasteiger partial charge is 0.227 e. The summed E-state index contributed by atoms with van der Waals surface area (Å²) in [6, 6.07) is 15.2. The molecule has 0 N–H and O–H groups in total. The third-order valence-corrected chi connectivity index (χ3v) is 8.14. The van der Waals surface area contributed by atoms with Crippen molar-refractivity contribution in [3.05, 3.63) is 59.8 Å². The molecule has 0 spiro atoms. The van der Waals surface area contributed by atoms with E-state index in [0.29, 0.717) is 30.5 Å². The van der Waals surface area contributed by atoms with Crippen LogP contribution in [0.4, 0.5) is 5.95 Å². The Morgan fingerprint density at radius 1 is 1.09 bits per heavy atom. The number of nitrogens with zero attached hydrogens (tertiary/aromatic N) is 4. The van der Waals surface area contributed by atoms with Crippen LogP contribution in [-0.2, 0) is 21.2 Å². The lowest BCUT2D eigenvalue weighted by molar-refractivity contribution is -0.136. The molecule has 35 heavy (non-hydrogen) atoms. The summed E-state index contributed by atoms with van der Waals surface area (Å²) in [5.74, 6) is 1.29. The summed E-state index contributed by atoms with van der Waals surface area (Å²) in [7, 11) is -3.33. The Bertz CT molecular complexity index is 1340. The van der Waals surface area contributed by atoms with Gasteiger partial charge in [0.2, 0.25) is 11.9 Å². The molecular weight excluding hydrogens is 460 g/mol. The summed E-state index contributed by atoms with van der Waals surface area (Å²) in [6.07, 6.45) is 5.36. The van der Waals surface area contributed by atoms with E-state index in [9.17, 15) is 13.2 Å². The molecule has 1 saturated heterocycles. The van der Waals surface area contributed by atoms with Crippen molar-refractivity contribution < 1.29 is 13.2 Å². The van der Waals surface area contributed by atoms with E-state index in [2.05, 4.69) is 17.0 Å². The molecule has 5 rings (SSSR count). The van der Waals surface area contributed by atoms with Crippen LogP contribution < -0.4 is 4.90 Å². The highest BCUT2D eigenvalue weighted by Crippen LogP contribution is 2.32. The second kappa shape index (κ2) is 9.57. The predicted molar refractivity (Wildman–Crippen MR) is 137 cm³/mol. The average Bonchev–Trinajstić information content (AvgIpc) is 3.67. The first-order valence-electron chi connectivity index (χ1n) is 12.3. The number of fused-ring (bicyclic) bond motifs is 1. The number of anilines is 1. The summed E-state index contributed by atoms with van der Waals surface area (Å²) < 4.78 is 24.1. The van der Waals surface area contributed by atoms with Gasteiger partial charge in [0.25, 0.3) is 0 Å². The molecule has 0 bridgehead atoms. The number of aromatic nitrogens is 2. The van der Waals surface area contributed by atoms with Crippen molar-refractivity contribution in [2.75, 3.05) is 30.8 Å². The number of hydrogen-bond donors (Lipinski definition) is 0. The molecule has 3 aromatic rings. The number of piperidine rings is 1. The average molecular weight is 493 g/mol. The number of hydrogen-bond acceptors (Lipinski definition) is 6. The minimum absolute atomic E-state index is 0.104. The molecule has 1 aliphatic heterocycles. The molecule has 184 valence electrons. The quantitative estimate of drug-likeness (QED) is 0.496. The SMILES string of the molecule is Cc1nc(N2CCCC(C(=O)N(Cc3ccccc3)CC3CC3)C2)nc2cc(S(C)(=O)=O)ccc12. The van der Waals surface area contributed by atoms with Gasteiger partial charge in [0, 0.05) is 37.8 Å². The molecule has 2 aliphatic rings. The van der Waals surface area contributed by atoms with Gasteiger partial charge in [0.05, 0.1) is 22.0 Å². The Kier molecular flexibility index (Phi) is 6.49. The van der Waals surface area contributed by atoms with Gasteiger partial charge in [-0.2, -0.15) is 0 Å². The molecule has 1 atom stereocenters. The number of carbonyl (C=O) groups excluding carboxylic acids is 1. The van der Waals surface area contributed by atoms with Crippen LogP contribution in [0.3, 0.4) is 0 Å². The Morgan fingerprint density at radius 2 is 1.86 bits per heavy atom. The van der Waals surface area contributed by atoms with Crippen molar-refractivity contribution in [3.63, 3.8) is 0 Å². The summed E-state index contributed by atoms with van der Waals surface area (Å²) in [4.78, 5) is 27.5. The van der Waals surface area contributed by atoms with E-state index in [1.54, 1.807) is 18.2 Å². The lowest BCUT2D eigenvalue weighted by Crippen LogP contribution is -2.45. The molecule has 1 unspecified atom stereocenters. The molecular formula is C27H32N4O3S. The molecule has 8 heteroatoms. The van der Waals surface area contributed by atoms with Gasteiger partial charge < -0.3 is 9.80 Å². The number of aryl methyl sites for hydroxylation is 1. The number of amides is 1. The van der Waals surface area contributed by atoms with Crippen molar-refractivity contribution in [3.8, 4) is 0 Å². The molecule has 2 fully saturated rings. The first kappa shape index (κ1) is 23.7. The molecule has 2 aromatic carbocycles. The number of sulfone groups is 1. The zero-order valence-electron chi connectivity index (χ0n) is 20.4. The normalized spacial score (nSPS) is 18.6. The predicted octanol–water partition coefficient (Wildman–Crippen LogP) is 4.00. The van der Waals surface area contributed by atoms with Gasteiger partial charge >= 0.3 is 0 Å². The van der Waals surface area contributed by atoms with Crippen LogP contribution in [0.15, 0.2) is 53.4 Å². The third kappa shape index (κ3) is 5.48. The lowest BCUT2D eigenvalue weighted by Gasteiger charge is -2.35. The zero-order valence-corrected chi connectivity index (χ0v) is 21.2. The van der Waals surface area contributed by atoms with Crippen LogP contribution in [0.5, 0.6) is 0 Å². The molecule has 1 aliphatic carbocycles. The van der Waals surface area contributed by atoms with Gasteiger partial charge in [-0.3, -0.25) is 4.79 Å². The summed E-state index contributed by atoms with van der Waals surface area (Å²) in [5.41, 5.74) is 2.57. The maximum atomic E-state index is 13.7. The van der Waals surface area contributed by atoms with E-state index in [-0.39, 0.29) is 16.7 Å². The fourth-order valence-electron chi connectivity index (χ4n) is 4.89. The van der Waals surface area contributed by atoms with E-state index >= 15 is 0 Å². The zero-order chi connectivity index (χ0) is 24.6. The van der Waals surface area contributed by atoms with Crippen LogP contribution >= 0.6 is 0 Å². The van der Waals surface area contributed by atoms with E-state index in [0.717, 1.165) is 42.6 Å². The first-order valence-corrected chi connectivity index (χ1v) is 14.2. The van der Waals surface area contributed by atoms with Crippen LogP contribution in [0, 0.1) is 18.8 Å². The maximum absolute atomic E-state index is 13.7. The second-order valence-corrected chi connectivity index (χ2v) is 12.0. The molecule has 1 saturated carbocycles. The van der Waals surface area contributed by atoms with Crippen molar-refractivity contribution >= 4 is 32.6 Å². The van der Waals surface area contributed by atoms with E-state index in [1.165, 1.54) is 19.1 Å². The number of carbonyl (C=O) groups is 1. The standard InChI is InChI=1S/C27H32N4O3S/c1-19-24-13-12-23(35(2,33)34)15-25(24)29-27(28-19)30-14-6-9-22(18-30)26(32)31(17-21-10-11-21)16-20-7-4-3-5-8-20/h3-5,7-8,12-13,15,21-22H,6,9-11,14,16-18H2,1-2H3. The van der Waals surface area contributed by atoms with Crippen molar-refractivity contribution in [1.29, 1.82) is 0 Å². The Morgan fingerprint density at radius 3 is 2.57 bits per heavy atom. The fraction of sp³-hybridized carbons (Fsp3) is 0.444. The molecule has 7 nitrogen and oxygen atoms in total. The van der Waals surface area contributed by atoms with E-state index in [4.69, 9.17) is 9.97 Å². The molecule has 1 amide bonds. The fourth-order valence-corrected chi connectivity index (χ4v) is 5.53. The van der Waals surface area contributed by atoms with Gasteiger partial charge in [-0.1, -0.05) is 30.3 Å². The van der Waals surface area contributed by atoms with Crippen LogP contribution in [-0.4, -0.2) is 55.1 Å². The highest BCUT2D eigenvalue weighted by atomic mass is 32.2. The van der Waals surface area contributed by atoms with Gasteiger partial charge in [-0.15, -0.1) is 0 Å². The minimum atomic E-state index is -3.33. The van der Waals surface area contributed by atoms with Crippen molar-refractivity contribution in [2.24, 2.45) is 11.8 Å². The maximum Gasteiger partial charge on any atom is 0.227 e. The lowest BCUT2D eigenvalue weighted by atomic mass is 9.96. The molecule has 0 radical (unpaired) electrons. The monoisotopic (exact) mass is 492 g/mol. The summed E-state index contributed by atoms with van der Waals surface area (Å²) in [5, 5.41) is 0.837. The number of rotatable bonds is 7. The van der Waals surface area contributed by atoms with Crippen LogP contribution in [0.25, 0.3) is 10.9 Å². The summed E-state index contributed by atoms with van der Waals surface area (Å²) in [6.45, 7) is 4.74. The van der Waals surface area contributed by atoms with Crippen molar-refractivity contribution in [2.45, 2.75) is 44.0 Å². The Hall–Kier alpha value is -3.00. The van der Waals surface area contributed by atoms with Gasteiger partial charge in [0.1, 0.15) is 0 Å². The van der Waals surface area contributed by atoms with Gasteiger partial charge in [-0.25, -0.2) is 18.4 Å². The second-order valence-electron chi connectivity index (χ2n) is 9.99. The highest BCUT2D eigenvalue weighted by molar-refractivity contribution is 7.90. The van der Waals surface area contributed by atoms with Gasteiger partial charge in [-0.05, 0) is 62.3 Å². The Labute approximate surface area is 207 Å². The van der Waals surface area contributed by atoms with Crippen molar-refractivity contribution in [1.82, 2.24) is 14.9 Å². The number of benzene rings is 2. The molecule has 2 heterocycles. The van der Waals surface area contributed by atoms with Crippen LogP contribution in [0.1, 0.15) is 36.9 Å². The minimum Gasteiger partial charge on any atom is -0.340 e. The molecule has 1 aromatic heterocycles. The largest absolute Gasteiger partial charge is 0.340 e. The van der Waals surface area contributed by atoms with E-state index in [1.807, 2.05) is 30.0 Å². The highest BCUT2D eigenvalue weighted by Gasteiger charge is 2.33. The first-order chi connectivity index (χ1) is 16.8. The Balaban J connectivity index is 1.38. The topological polar surface area (TPSA) is 83.5 Å². The third-order valence-electron chi connectivity index (χ3n) is 7.03. The van der Waals surface area contributed by atoms with Crippen LogP contribution in [0.2, 0.25) is 0 Å². The summed E-state index contributed by atoms with van der Waals surface area (Å²) >= 11 is 0. The van der Waals surface area contributed by atoms with Gasteiger partial charge in [0.15, 0.2) is 9.84 Å². The van der Waals surface area contributed by atoms with E-state index < -0.39 is 9.84 Å².